The molecule has 4 aromatic rings. The maximum absolute atomic E-state index is 15.2. The van der Waals surface area contributed by atoms with Crippen LogP contribution in [0.1, 0.15) is 47.2 Å². The summed E-state index contributed by atoms with van der Waals surface area (Å²) in [6.07, 6.45) is 2.46. The second-order valence-electron chi connectivity index (χ2n) is 13.3. The third kappa shape index (κ3) is 4.47. The van der Waals surface area contributed by atoms with Crippen LogP contribution in [-0.2, 0) is 24.6 Å². The van der Waals surface area contributed by atoms with E-state index in [4.69, 9.17) is 11.6 Å². The molecule has 2 aliphatic heterocycles. The maximum atomic E-state index is 15.2. The predicted molar refractivity (Wildman–Crippen MR) is 183 cm³/mol. The number of imide groups is 2. The maximum Gasteiger partial charge on any atom is 0.246 e. The summed E-state index contributed by atoms with van der Waals surface area (Å²) in [5.41, 5.74) is 2.04. The Hall–Kier alpha value is -5.34. The van der Waals surface area contributed by atoms with Gasteiger partial charge in [-0.05, 0) is 91.4 Å². The summed E-state index contributed by atoms with van der Waals surface area (Å²) < 4.78 is 0. The number of halogens is 1. The van der Waals surface area contributed by atoms with Crippen molar-refractivity contribution in [1.29, 1.82) is 0 Å². The Morgan fingerprint density at radius 1 is 0.776 bits per heavy atom. The average molecular weight is 671 g/mol. The molecule has 2 heterocycles. The summed E-state index contributed by atoms with van der Waals surface area (Å²) in [7, 11) is 0. The number of phenolic OH excluding ortho intramolecular Hbond substituents is 1. The van der Waals surface area contributed by atoms with Crippen molar-refractivity contribution in [3.63, 3.8) is 0 Å². The van der Waals surface area contributed by atoms with Gasteiger partial charge in [-0.15, -0.1) is 0 Å². The molecule has 9 heteroatoms. The molecule has 8 rings (SSSR count). The molecular formula is C40H31ClN2O6. The average Bonchev–Trinajstić information content (AvgIpc) is 3.49. The SMILES string of the molecule is CC(=O)c1ccc(N2C(=O)[C@H]3[C@H](CC=C4[C@H]3C[C@H]3C(=O)N(c5cccc(Cl)c5)C(=O)[C@@]3(c3ccccc3)[C@H]4c3ccc(O)cc3)C2=O)cc1. The Bertz CT molecular complexity index is 2090. The third-order valence-electron chi connectivity index (χ3n) is 10.9. The van der Waals surface area contributed by atoms with Gasteiger partial charge in [0.05, 0.1) is 34.5 Å². The molecule has 244 valence electrons. The van der Waals surface area contributed by atoms with Crippen LogP contribution in [0.2, 0.25) is 5.02 Å². The zero-order chi connectivity index (χ0) is 34.2. The number of nitrogens with zero attached hydrogens (tertiary/aromatic N) is 2. The van der Waals surface area contributed by atoms with Gasteiger partial charge in [-0.3, -0.25) is 28.9 Å². The summed E-state index contributed by atoms with van der Waals surface area (Å²) in [5.74, 6) is -5.03. The van der Waals surface area contributed by atoms with Crippen molar-refractivity contribution < 1.29 is 29.1 Å². The lowest BCUT2D eigenvalue weighted by atomic mass is 9.49. The number of ketones is 1. The van der Waals surface area contributed by atoms with Crippen LogP contribution in [0.15, 0.2) is 115 Å². The molecule has 0 bridgehead atoms. The molecule has 3 fully saturated rings. The van der Waals surface area contributed by atoms with Crippen LogP contribution in [0, 0.1) is 23.7 Å². The number of carbonyl (C=O) groups excluding carboxylic acids is 5. The quantitative estimate of drug-likeness (QED) is 0.145. The van der Waals surface area contributed by atoms with Gasteiger partial charge in [-0.1, -0.05) is 71.8 Å². The summed E-state index contributed by atoms with van der Waals surface area (Å²) in [4.78, 5) is 72.7. The van der Waals surface area contributed by atoms with Crippen LogP contribution in [0.3, 0.4) is 0 Å². The summed E-state index contributed by atoms with van der Waals surface area (Å²) >= 11 is 6.37. The molecule has 0 spiro atoms. The molecule has 4 aromatic carbocycles. The minimum absolute atomic E-state index is 0.0523. The second-order valence-corrected chi connectivity index (χ2v) is 13.7. The normalized spacial score (nSPS) is 27.5. The van der Waals surface area contributed by atoms with Crippen LogP contribution in [-0.4, -0.2) is 34.5 Å². The van der Waals surface area contributed by atoms with Gasteiger partial charge in [0, 0.05) is 16.5 Å². The molecule has 4 amide bonds. The van der Waals surface area contributed by atoms with E-state index in [-0.39, 0.29) is 36.2 Å². The van der Waals surface area contributed by atoms with Crippen LogP contribution in [0.4, 0.5) is 11.4 Å². The number of amides is 4. The van der Waals surface area contributed by atoms with Crippen molar-refractivity contribution in [2.45, 2.75) is 31.1 Å². The number of aromatic hydroxyl groups is 1. The first-order valence-electron chi connectivity index (χ1n) is 16.3. The highest BCUT2D eigenvalue weighted by Gasteiger charge is 2.70. The molecule has 1 saturated carbocycles. The number of carbonyl (C=O) groups is 5. The van der Waals surface area contributed by atoms with E-state index in [0.29, 0.717) is 33.1 Å². The standard InChI is InChI=1S/C40H31ClN2O6/c1-22(44)23-10-14-27(15-11-23)42-36(46)31-19-18-30-32(34(31)38(42)48)21-33-37(47)43(28-9-5-8-26(41)20-28)39(49)40(33,25-6-3-2-4-7-25)35(30)24-12-16-29(45)17-13-24/h2-18,20,31-35,45H,19,21H2,1H3/t31-,32+,33-,34-,35-,40+/m0/s1. The Morgan fingerprint density at radius 3 is 2.16 bits per heavy atom. The number of anilines is 2. The van der Waals surface area contributed by atoms with Gasteiger partial charge < -0.3 is 5.11 Å². The number of phenols is 1. The van der Waals surface area contributed by atoms with E-state index in [1.807, 2.05) is 36.4 Å². The topological polar surface area (TPSA) is 112 Å². The van der Waals surface area contributed by atoms with Crippen molar-refractivity contribution in [1.82, 2.24) is 0 Å². The number of hydrogen-bond acceptors (Lipinski definition) is 6. The fraction of sp³-hybridized carbons (Fsp3) is 0.225. The van der Waals surface area contributed by atoms with E-state index >= 15 is 4.79 Å². The smallest absolute Gasteiger partial charge is 0.246 e. The van der Waals surface area contributed by atoms with Crippen LogP contribution >= 0.6 is 11.6 Å². The first-order chi connectivity index (χ1) is 23.6. The van der Waals surface area contributed by atoms with Crippen molar-refractivity contribution >= 4 is 52.4 Å². The Morgan fingerprint density at radius 2 is 1.49 bits per heavy atom. The molecule has 6 atom stereocenters. The number of fused-ring (bicyclic) bond motifs is 4. The number of rotatable bonds is 5. The number of benzene rings is 4. The van der Waals surface area contributed by atoms with Gasteiger partial charge in [-0.2, -0.15) is 0 Å². The van der Waals surface area contributed by atoms with Crippen LogP contribution in [0.25, 0.3) is 0 Å². The molecule has 4 aliphatic rings. The molecule has 0 radical (unpaired) electrons. The first kappa shape index (κ1) is 31.0. The van der Waals surface area contributed by atoms with Crippen molar-refractivity contribution in [2.75, 3.05) is 9.80 Å². The van der Waals surface area contributed by atoms with Crippen molar-refractivity contribution in [2.24, 2.45) is 23.7 Å². The zero-order valence-electron chi connectivity index (χ0n) is 26.5. The van der Waals surface area contributed by atoms with Crippen LogP contribution < -0.4 is 9.80 Å². The van der Waals surface area contributed by atoms with Gasteiger partial charge in [-0.25, -0.2) is 4.90 Å². The number of Topliss-reactive ketones (excluding diaryl/α,β-unsaturated/α-hetero) is 1. The summed E-state index contributed by atoms with van der Waals surface area (Å²) in [6.45, 7) is 1.45. The third-order valence-corrected chi connectivity index (χ3v) is 11.2. The zero-order valence-corrected chi connectivity index (χ0v) is 27.2. The minimum Gasteiger partial charge on any atom is -0.508 e. The van der Waals surface area contributed by atoms with E-state index in [2.05, 4.69) is 0 Å². The van der Waals surface area contributed by atoms with E-state index in [1.54, 1.807) is 72.8 Å². The molecule has 0 unspecified atom stereocenters. The molecular weight excluding hydrogens is 640 g/mol. The van der Waals surface area contributed by atoms with E-state index in [0.717, 1.165) is 5.57 Å². The summed E-state index contributed by atoms with van der Waals surface area (Å²) in [5, 5.41) is 10.7. The Labute approximate surface area is 287 Å². The van der Waals surface area contributed by atoms with Crippen molar-refractivity contribution in [3.8, 4) is 5.75 Å². The monoisotopic (exact) mass is 670 g/mol. The Kier molecular flexibility index (Phi) is 7.19. The number of hydrogen-bond donors (Lipinski definition) is 1. The molecule has 2 saturated heterocycles. The lowest BCUT2D eigenvalue weighted by Crippen LogP contribution is -2.53. The van der Waals surface area contributed by atoms with E-state index in [1.165, 1.54) is 16.7 Å². The van der Waals surface area contributed by atoms with Gasteiger partial charge in [0.2, 0.25) is 23.6 Å². The highest BCUT2D eigenvalue weighted by atomic mass is 35.5. The summed E-state index contributed by atoms with van der Waals surface area (Å²) in [6, 6.07) is 29.0. The largest absolute Gasteiger partial charge is 0.508 e. The van der Waals surface area contributed by atoms with Gasteiger partial charge >= 0.3 is 0 Å². The van der Waals surface area contributed by atoms with Crippen LogP contribution in [0.5, 0.6) is 5.75 Å². The molecule has 1 N–H and O–H groups in total. The highest BCUT2D eigenvalue weighted by molar-refractivity contribution is 6.32. The first-order valence-corrected chi connectivity index (χ1v) is 16.7. The highest BCUT2D eigenvalue weighted by Crippen LogP contribution is 2.64. The minimum atomic E-state index is -1.39. The fourth-order valence-corrected chi connectivity index (χ4v) is 9.07. The molecule has 2 aliphatic carbocycles. The molecule has 8 nitrogen and oxygen atoms in total. The van der Waals surface area contributed by atoms with E-state index in [9.17, 15) is 24.3 Å². The lowest BCUT2D eigenvalue weighted by molar-refractivity contribution is -0.127. The van der Waals surface area contributed by atoms with E-state index < -0.39 is 46.8 Å². The van der Waals surface area contributed by atoms with Gasteiger partial charge in [0.25, 0.3) is 0 Å². The Balaban J connectivity index is 1.31. The predicted octanol–water partition coefficient (Wildman–Crippen LogP) is 6.62. The second kappa shape index (κ2) is 11.4. The number of allylic oxidation sites excluding steroid dienone is 2. The molecule has 0 aromatic heterocycles. The van der Waals surface area contributed by atoms with Crippen molar-refractivity contribution in [3.05, 3.63) is 136 Å². The van der Waals surface area contributed by atoms with Gasteiger partial charge in [0.15, 0.2) is 5.78 Å². The molecule has 49 heavy (non-hydrogen) atoms. The van der Waals surface area contributed by atoms with Gasteiger partial charge in [0.1, 0.15) is 5.75 Å². The lowest BCUT2D eigenvalue weighted by Gasteiger charge is -2.50. The fourth-order valence-electron chi connectivity index (χ4n) is 8.89.